The van der Waals surface area contributed by atoms with E-state index in [9.17, 15) is 14.4 Å². The number of nitrogens with one attached hydrogen (secondary N) is 2. The van der Waals surface area contributed by atoms with Crippen LogP contribution in [-0.4, -0.2) is 56.0 Å². The normalized spacial score (nSPS) is 14.0. The summed E-state index contributed by atoms with van der Waals surface area (Å²) in [7, 11) is 1.32. The van der Waals surface area contributed by atoms with Gasteiger partial charge in [-0.3, -0.25) is 4.79 Å². The highest BCUT2D eigenvalue weighted by molar-refractivity contribution is 5.79. The number of carboxylic acid groups (broad SMARTS) is 1. The van der Waals surface area contributed by atoms with E-state index >= 15 is 0 Å². The second-order valence-electron chi connectivity index (χ2n) is 8.22. The van der Waals surface area contributed by atoms with E-state index < -0.39 is 18.2 Å². The lowest BCUT2D eigenvalue weighted by molar-refractivity contribution is -0.149. The molecule has 0 spiro atoms. The molecule has 3 rings (SSSR count). The summed E-state index contributed by atoms with van der Waals surface area (Å²) in [5.41, 5.74) is 4.63. The van der Waals surface area contributed by atoms with E-state index in [1.807, 2.05) is 31.2 Å². The van der Waals surface area contributed by atoms with Crippen LogP contribution in [0, 0.1) is 5.92 Å². The van der Waals surface area contributed by atoms with E-state index in [4.69, 9.17) is 14.6 Å². The van der Waals surface area contributed by atoms with Gasteiger partial charge in [-0.15, -0.1) is 0 Å². The lowest BCUT2D eigenvalue weighted by Gasteiger charge is -2.16. The van der Waals surface area contributed by atoms with Crippen LogP contribution in [-0.2, 0) is 19.1 Å². The summed E-state index contributed by atoms with van der Waals surface area (Å²) in [4.78, 5) is 35.2. The average Bonchev–Trinajstić information content (AvgIpc) is 3.12. The van der Waals surface area contributed by atoms with Crippen LogP contribution in [0.15, 0.2) is 48.5 Å². The number of amides is 2. The molecule has 176 valence electrons. The van der Waals surface area contributed by atoms with Gasteiger partial charge in [-0.25, -0.2) is 9.59 Å². The third-order valence-corrected chi connectivity index (χ3v) is 5.76. The molecule has 2 aromatic carbocycles. The Morgan fingerprint density at radius 2 is 1.61 bits per heavy atom. The van der Waals surface area contributed by atoms with Gasteiger partial charge < -0.3 is 25.2 Å². The number of rotatable bonds is 11. The Labute approximate surface area is 193 Å². The van der Waals surface area contributed by atoms with Gasteiger partial charge in [0, 0.05) is 39.0 Å². The van der Waals surface area contributed by atoms with Crippen molar-refractivity contribution in [2.24, 2.45) is 5.92 Å². The zero-order valence-corrected chi connectivity index (χ0v) is 18.9. The Bertz CT molecular complexity index is 947. The molecule has 2 amide bonds. The zero-order chi connectivity index (χ0) is 23.8. The number of aliphatic carboxylic acids is 1. The molecule has 2 aromatic rings. The van der Waals surface area contributed by atoms with Crippen molar-refractivity contribution < 1.29 is 29.0 Å². The van der Waals surface area contributed by atoms with E-state index in [-0.39, 0.29) is 43.7 Å². The van der Waals surface area contributed by atoms with Crippen LogP contribution in [0.3, 0.4) is 0 Å². The Hall–Kier alpha value is -3.39. The smallest absolute Gasteiger partial charge is 0.407 e. The second kappa shape index (κ2) is 11.5. The third kappa shape index (κ3) is 6.32. The van der Waals surface area contributed by atoms with Gasteiger partial charge >= 0.3 is 12.1 Å². The molecule has 8 heteroatoms. The highest BCUT2D eigenvalue weighted by Crippen LogP contribution is 2.44. The molecule has 1 aliphatic carbocycles. The maximum atomic E-state index is 12.3. The summed E-state index contributed by atoms with van der Waals surface area (Å²) in [6.07, 6.45) is -1.08. The molecule has 0 saturated heterocycles. The predicted octanol–water partition coefficient (Wildman–Crippen LogP) is 3.16. The van der Waals surface area contributed by atoms with E-state index in [1.165, 1.54) is 18.2 Å². The number of carboxylic acids is 1. The maximum Gasteiger partial charge on any atom is 0.407 e. The van der Waals surface area contributed by atoms with Gasteiger partial charge in [0.25, 0.3) is 0 Å². The molecule has 2 unspecified atom stereocenters. The van der Waals surface area contributed by atoms with Crippen LogP contribution in [0.25, 0.3) is 11.1 Å². The number of benzene rings is 2. The van der Waals surface area contributed by atoms with Crippen molar-refractivity contribution in [3.05, 3.63) is 59.7 Å². The van der Waals surface area contributed by atoms with Crippen LogP contribution in [0.2, 0.25) is 0 Å². The number of fused-ring (bicyclic) bond motifs is 3. The number of ether oxygens (including phenoxy) is 2. The van der Waals surface area contributed by atoms with Gasteiger partial charge in [-0.2, -0.15) is 0 Å². The van der Waals surface area contributed by atoms with Crippen LogP contribution < -0.4 is 10.6 Å². The van der Waals surface area contributed by atoms with Crippen molar-refractivity contribution in [2.45, 2.75) is 31.8 Å². The molecule has 1 aliphatic rings. The molecule has 2 atom stereocenters. The lowest BCUT2D eigenvalue weighted by atomic mass is 9.98. The SMILES string of the molecule is COC(CCNC(=O)CC(C)CNC(=O)OCC1c2ccccc2-c2ccccc21)C(=O)O. The van der Waals surface area contributed by atoms with Crippen LogP contribution >= 0.6 is 0 Å². The van der Waals surface area contributed by atoms with E-state index in [1.54, 1.807) is 0 Å². The minimum Gasteiger partial charge on any atom is -0.479 e. The number of alkyl carbamates (subject to hydrolysis) is 1. The van der Waals surface area contributed by atoms with Gasteiger partial charge in [-0.1, -0.05) is 55.5 Å². The minimum absolute atomic E-state index is 0.00641. The summed E-state index contributed by atoms with van der Waals surface area (Å²) < 4.78 is 10.3. The van der Waals surface area contributed by atoms with Gasteiger partial charge in [0.15, 0.2) is 6.10 Å². The van der Waals surface area contributed by atoms with Crippen molar-refractivity contribution in [1.29, 1.82) is 0 Å². The molecular weight excluding hydrogens is 424 g/mol. The van der Waals surface area contributed by atoms with E-state index in [0.717, 1.165) is 11.1 Å². The zero-order valence-electron chi connectivity index (χ0n) is 18.9. The van der Waals surface area contributed by atoms with Gasteiger partial charge in [-0.05, 0) is 28.2 Å². The molecule has 0 aliphatic heterocycles. The highest BCUT2D eigenvalue weighted by Gasteiger charge is 2.29. The highest BCUT2D eigenvalue weighted by atomic mass is 16.5. The van der Waals surface area contributed by atoms with Crippen LogP contribution in [0.4, 0.5) is 4.79 Å². The Kier molecular flexibility index (Phi) is 8.43. The fourth-order valence-corrected chi connectivity index (χ4v) is 4.05. The number of carbonyl (C=O) groups is 3. The fraction of sp³-hybridized carbons (Fsp3) is 0.400. The van der Waals surface area contributed by atoms with Crippen molar-refractivity contribution in [2.75, 3.05) is 26.8 Å². The summed E-state index contributed by atoms with van der Waals surface area (Å²) in [6.45, 7) is 2.58. The van der Waals surface area contributed by atoms with E-state index in [2.05, 4.69) is 34.9 Å². The molecule has 0 heterocycles. The quantitative estimate of drug-likeness (QED) is 0.481. The molecule has 0 bridgehead atoms. The molecule has 33 heavy (non-hydrogen) atoms. The average molecular weight is 455 g/mol. The molecule has 0 saturated carbocycles. The predicted molar refractivity (Wildman–Crippen MR) is 123 cm³/mol. The van der Waals surface area contributed by atoms with Crippen molar-refractivity contribution in [3.63, 3.8) is 0 Å². The Balaban J connectivity index is 1.40. The third-order valence-electron chi connectivity index (χ3n) is 5.76. The first kappa shape index (κ1) is 24.3. The van der Waals surface area contributed by atoms with Gasteiger partial charge in [0.1, 0.15) is 6.61 Å². The summed E-state index contributed by atoms with van der Waals surface area (Å²) >= 11 is 0. The fourth-order valence-electron chi connectivity index (χ4n) is 4.05. The monoisotopic (exact) mass is 454 g/mol. The number of carbonyl (C=O) groups excluding carboxylic acids is 2. The number of hydrogen-bond donors (Lipinski definition) is 3. The number of methoxy groups -OCH3 is 1. The molecule has 0 radical (unpaired) electrons. The molecule has 8 nitrogen and oxygen atoms in total. The van der Waals surface area contributed by atoms with Crippen molar-refractivity contribution >= 4 is 18.0 Å². The first-order chi connectivity index (χ1) is 15.9. The first-order valence-electron chi connectivity index (χ1n) is 11.0. The van der Waals surface area contributed by atoms with E-state index in [0.29, 0.717) is 6.54 Å². The topological polar surface area (TPSA) is 114 Å². The van der Waals surface area contributed by atoms with Crippen molar-refractivity contribution in [3.8, 4) is 11.1 Å². The lowest BCUT2D eigenvalue weighted by Crippen LogP contribution is -2.34. The Morgan fingerprint density at radius 1 is 1.00 bits per heavy atom. The van der Waals surface area contributed by atoms with Gasteiger partial charge in [0.2, 0.25) is 5.91 Å². The standard InChI is InChI=1S/C25H30N2O6/c1-16(13-23(28)26-12-11-22(32-2)24(29)30)14-27-25(31)33-15-21-19-9-5-3-7-17(19)18-8-4-6-10-20(18)21/h3-10,16,21-22H,11-15H2,1-2H3,(H,26,28)(H,27,31)(H,29,30). The first-order valence-corrected chi connectivity index (χ1v) is 11.0. The largest absolute Gasteiger partial charge is 0.479 e. The molecule has 0 fully saturated rings. The molecule has 3 N–H and O–H groups in total. The van der Waals surface area contributed by atoms with Gasteiger partial charge in [0.05, 0.1) is 0 Å². The second-order valence-corrected chi connectivity index (χ2v) is 8.22. The molecule has 0 aromatic heterocycles. The van der Waals surface area contributed by atoms with Crippen LogP contribution in [0.1, 0.15) is 36.8 Å². The number of hydrogen-bond acceptors (Lipinski definition) is 5. The summed E-state index contributed by atoms with van der Waals surface area (Å²) in [5.74, 6) is -1.39. The maximum absolute atomic E-state index is 12.3. The summed E-state index contributed by atoms with van der Waals surface area (Å²) in [5, 5.41) is 14.3. The Morgan fingerprint density at radius 3 is 2.18 bits per heavy atom. The summed E-state index contributed by atoms with van der Waals surface area (Å²) in [6, 6.07) is 16.3. The minimum atomic E-state index is -1.06. The molecular formula is C25H30N2O6. The van der Waals surface area contributed by atoms with Crippen LogP contribution in [0.5, 0.6) is 0 Å². The van der Waals surface area contributed by atoms with Crippen molar-refractivity contribution in [1.82, 2.24) is 10.6 Å².